The second kappa shape index (κ2) is 20.7. The monoisotopic (exact) mass is 765 g/mol. The number of carbonyl (C=O) groups excluding carboxylic acids is 2. The molecule has 0 saturated heterocycles. The number of rotatable bonds is 16. The maximum absolute atomic E-state index is 13.9. The Hall–Kier alpha value is -6.69. The molecule has 0 aliphatic carbocycles. The van der Waals surface area contributed by atoms with Gasteiger partial charge in [-0.1, -0.05) is 72.8 Å². The largest absolute Gasteiger partial charge is 0.493 e. The quantitative estimate of drug-likeness (QED) is 0.0983. The van der Waals surface area contributed by atoms with Gasteiger partial charge >= 0.3 is 11.9 Å². The molecule has 0 atom stereocenters. The fourth-order valence-electron chi connectivity index (χ4n) is 6.00. The summed E-state index contributed by atoms with van der Waals surface area (Å²) in [7, 11) is 10.3. The zero-order valence-corrected chi connectivity index (χ0v) is 32.6. The standard InChI is InChI=1S/C34H35NO6.C10H12O5/c1-38-30-21-27(22-31(39-2)32(30)40-3)33(36)35(20-10-13-24-11-6-5-7-12-24)23-25-16-18-26(19-17-25)28-14-8-9-15-29(28)34(37)41-4;1-13-7-4-6(10(11)12)5-8(14-2)9(7)15-3/h5-9,11-12,14-19,21-22H,10,13,20,23H2,1-4H3;4-5H,1-3H3,(H,11,12). The summed E-state index contributed by atoms with van der Waals surface area (Å²) in [4.78, 5) is 38.8. The van der Waals surface area contributed by atoms with Gasteiger partial charge in [-0.15, -0.1) is 0 Å². The Labute approximate surface area is 327 Å². The highest BCUT2D eigenvalue weighted by atomic mass is 16.5. The van der Waals surface area contributed by atoms with Crippen molar-refractivity contribution in [3.8, 4) is 45.6 Å². The van der Waals surface area contributed by atoms with E-state index in [0.717, 1.165) is 29.5 Å². The lowest BCUT2D eigenvalue weighted by atomic mass is 9.98. The van der Waals surface area contributed by atoms with Crippen molar-refractivity contribution in [3.63, 3.8) is 0 Å². The Morgan fingerprint density at radius 1 is 0.571 bits per heavy atom. The van der Waals surface area contributed by atoms with Crippen molar-refractivity contribution in [3.05, 3.63) is 131 Å². The number of amides is 1. The van der Waals surface area contributed by atoms with Crippen LogP contribution in [0.1, 0.15) is 48.6 Å². The van der Waals surface area contributed by atoms with Crippen LogP contribution in [-0.4, -0.2) is 84.2 Å². The highest BCUT2D eigenvalue weighted by Gasteiger charge is 2.22. The second-order valence-corrected chi connectivity index (χ2v) is 12.2. The Morgan fingerprint density at radius 3 is 1.55 bits per heavy atom. The van der Waals surface area contributed by atoms with Crippen molar-refractivity contribution in [1.82, 2.24) is 4.90 Å². The van der Waals surface area contributed by atoms with E-state index >= 15 is 0 Å². The number of aryl methyl sites for hydroxylation is 1. The molecule has 56 heavy (non-hydrogen) atoms. The molecule has 5 aromatic rings. The summed E-state index contributed by atoms with van der Waals surface area (Å²) in [6.07, 6.45) is 1.65. The Morgan fingerprint density at radius 2 is 1.07 bits per heavy atom. The molecule has 0 saturated carbocycles. The third-order valence-corrected chi connectivity index (χ3v) is 8.82. The van der Waals surface area contributed by atoms with Crippen LogP contribution in [0.3, 0.4) is 0 Å². The van der Waals surface area contributed by atoms with Gasteiger partial charge in [-0.05, 0) is 65.4 Å². The van der Waals surface area contributed by atoms with Crippen LogP contribution in [0.2, 0.25) is 0 Å². The van der Waals surface area contributed by atoms with Crippen molar-refractivity contribution >= 4 is 17.8 Å². The van der Waals surface area contributed by atoms with E-state index in [1.807, 2.05) is 65.6 Å². The molecule has 5 aromatic carbocycles. The third-order valence-electron chi connectivity index (χ3n) is 8.82. The highest BCUT2D eigenvalue weighted by molar-refractivity contribution is 5.97. The second-order valence-electron chi connectivity index (χ2n) is 12.2. The van der Waals surface area contributed by atoms with Crippen LogP contribution in [0.5, 0.6) is 34.5 Å². The topological polar surface area (TPSA) is 139 Å². The van der Waals surface area contributed by atoms with Crippen molar-refractivity contribution in [2.24, 2.45) is 0 Å². The molecule has 0 aliphatic rings. The number of carboxylic acid groups (broad SMARTS) is 1. The zero-order chi connectivity index (χ0) is 40.6. The number of hydrogen-bond donors (Lipinski definition) is 1. The minimum Gasteiger partial charge on any atom is -0.493 e. The molecule has 0 bridgehead atoms. The number of carboxylic acids is 1. The highest BCUT2D eigenvalue weighted by Crippen LogP contribution is 2.39. The zero-order valence-electron chi connectivity index (χ0n) is 32.6. The number of ether oxygens (including phenoxy) is 7. The van der Waals surface area contributed by atoms with Gasteiger partial charge in [0.1, 0.15) is 0 Å². The number of hydrogen-bond acceptors (Lipinski definition) is 10. The van der Waals surface area contributed by atoms with Gasteiger partial charge in [-0.2, -0.15) is 0 Å². The minimum atomic E-state index is -1.05. The molecule has 1 N–H and O–H groups in total. The molecule has 12 heteroatoms. The van der Waals surface area contributed by atoms with Crippen LogP contribution >= 0.6 is 0 Å². The lowest BCUT2D eigenvalue weighted by Gasteiger charge is -2.24. The van der Waals surface area contributed by atoms with Crippen LogP contribution in [0.15, 0.2) is 103 Å². The molecule has 0 unspecified atom stereocenters. The van der Waals surface area contributed by atoms with Crippen LogP contribution < -0.4 is 28.4 Å². The summed E-state index contributed by atoms with van der Waals surface area (Å²) >= 11 is 0. The number of aromatic carboxylic acids is 1. The molecular formula is C44H47NO11. The smallest absolute Gasteiger partial charge is 0.338 e. The van der Waals surface area contributed by atoms with Gasteiger partial charge in [-0.3, -0.25) is 4.79 Å². The van der Waals surface area contributed by atoms with Crippen molar-refractivity contribution in [1.29, 1.82) is 0 Å². The van der Waals surface area contributed by atoms with Gasteiger partial charge in [0.25, 0.3) is 5.91 Å². The molecular weight excluding hydrogens is 718 g/mol. The van der Waals surface area contributed by atoms with Crippen molar-refractivity contribution in [2.45, 2.75) is 19.4 Å². The molecule has 294 valence electrons. The average molecular weight is 766 g/mol. The van der Waals surface area contributed by atoms with Crippen LogP contribution in [0, 0.1) is 0 Å². The minimum absolute atomic E-state index is 0.0875. The van der Waals surface area contributed by atoms with Crippen LogP contribution in [0.4, 0.5) is 0 Å². The summed E-state index contributed by atoms with van der Waals surface area (Å²) in [5.41, 5.74) is 4.90. The average Bonchev–Trinajstić information content (AvgIpc) is 3.25. The number of benzene rings is 5. The lowest BCUT2D eigenvalue weighted by Crippen LogP contribution is -2.32. The predicted octanol–water partition coefficient (Wildman–Crippen LogP) is 7.85. The van der Waals surface area contributed by atoms with E-state index in [4.69, 9.17) is 38.3 Å². The molecule has 5 rings (SSSR count). The summed E-state index contributed by atoms with van der Waals surface area (Å²) < 4.78 is 36.4. The van der Waals surface area contributed by atoms with Crippen molar-refractivity contribution in [2.75, 3.05) is 56.3 Å². The first-order chi connectivity index (χ1) is 27.1. The van der Waals surface area contributed by atoms with Gasteiger partial charge in [0, 0.05) is 18.7 Å². The summed E-state index contributed by atoms with van der Waals surface area (Å²) in [5.74, 6) is 0.747. The maximum atomic E-state index is 13.9. The van der Waals surface area contributed by atoms with Gasteiger partial charge < -0.3 is 43.2 Å². The summed E-state index contributed by atoms with van der Waals surface area (Å²) in [6.45, 7) is 0.959. The molecule has 0 spiro atoms. The lowest BCUT2D eigenvalue weighted by molar-refractivity contribution is 0.0600. The van der Waals surface area contributed by atoms with Gasteiger partial charge in [0.2, 0.25) is 11.5 Å². The van der Waals surface area contributed by atoms with Crippen LogP contribution in [0.25, 0.3) is 11.1 Å². The molecule has 0 aromatic heterocycles. The Bertz CT molecular complexity index is 2030. The normalized spacial score (nSPS) is 10.3. The number of methoxy groups -OCH3 is 7. The molecule has 0 radical (unpaired) electrons. The van der Waals surface area contributed by atoms with Gasteiger partial charge in [0.15, 0.2) is 23.0 Å². The van der Waals surface area contributed by atoms with E-state index in [2.05, 4.69) is 12.1 Å². The first-order valence-corrected chi connectivity index (χ1v) is 17.6. The fourth-order valence-corrected chi connectivity index (χ4v) is 6.00. The number of nitrogens with zero attached hydrogens (tertiary/aromatic N) is 1. The first kappa shape index (κ1) is 42.1. The number of esters is 1. The maximum Gasteiger partial charge on any atom is 0.338 e. The van der Waals surface area contributed by atoms with E-state index in [-0.39, 0.29) is 17.4 Å². The fraction of sp³-hybridized carbons (Fsp3) is 0.250. The number of carbonyl (C=O) groups is 3. The van der Waals surface area contributed by atoms with Gasteiger partial charge in [-0.25, -0.2) is 9.59 Å². The molecule has 12 nitrogen and oxygen atoms in total. The molecule has 0 aliphatic heterocycles. The van der Waals surface area contributed by atoms with E-state index in [0.29, 0.717) is 58.7 Å². The van der Waals surface area contributed by atoms with E-state index in [1.165, 1.54) is 67.5 Å². The molecule has 0 fully saturated rings. The van der Waals surface area contributed by atoms with E-state index in [1.54, 1.807) is 18.2 Å². The van der Waals surface area contributed by atoms with Gasteiger partial charge in [0.05, 0.1) is 60.9 Å². The molecule has 0 heterocycles. The van der Waals surface area contributed by atoms with Crippen molar-refractivity contribution < 1.29 is 52.6 Å². The SMILES string of the molecule is COC(=O)c1ccccc1-c1ccc(CN(CCCc2ccccc2)C(=O)c2cc(OC)c(OC)c(OC)c2)cc1.COc1cc(C(=O)O)cc(OC)c1OC. The summed E-state index contributed by atoms with van der Waals surface area (Å²) in [6, 6.07) is 31.6. The summed E-state index contributed by atoms with van der Waals surface area (Å²) in [5, 5.41) is 8.84. The van der Waals surface area contributed by atoms with E-state index in [9.17, 15) is 14.4 Å². The first-order valence-electron chi connectivity index (χ1n) is 17.6. The third kappa shape index (κ3) is 10.5. The predicted molar refractivity (Wildman–Crippen MR) is 212 cm³/mol. The van der Waals surface area contributed by atoms with E-state index < -0.39 is 5.97 Å². The Balaban J connectivity index is 0.000000389. The van der Waals surface area contributed by atoms with Crippen LogP contribution in [-0.2, 0) is 17.7 Å². The molecule has 1 amide bonds. The Kier molecular flexibility index (Phi) is 15.5.